The lowest BCUT2D eigenvalue weighted by atomic mass is 10.1. The summed E-state index contributed by atoms with van der Waals surface area (Å²) in [5.41, 5.74) is 0.591. The summed E-state index contributed by atoms with van der Waals surface area (Å²) in [6, 6.07) is 6.74. The summed E-state index contributed by atoms with van der Waals surface area (Å²) in [4.78, 5) is 19.0. The maximum absolute atomic E-state index is 12.9. The molecule has 0 radical (unpaired) electrons. The topological polar surface area (TPSA) is 77.7 Å². The van der Waals surface area contributed by atoms with Crippen LogP contribution in [-0.4, -0.2) is 46.8 Å². The molecule has 0 unspecified atom stereocenters. The van der Waals surface area contributed by atoms with Gasteiger partial charge in [0.2, 0.25) is 0 Å². The Labute approximate surface area is 140 Å². The van der Waals surface area contributed by atoms with E-state index in [0.29, 0.717) is 37.0 Å². The van der Waals surface area contributed by atoms with Crippen molar-refractivity contribution >= 4 is 5.91 Å². The predicted molar refractivity (Wildman–Crippen MR) is 85.8 cm³/mol. The fourth-order valence-electron chi connectivity index (χ4n) is 2.84. The summed E-state index contributed by atoms with van der Waals surface area (Å²) in [6.45, 7) is 7.12. The lowest BCUT2D eigenvalue weighted by Gasteiger charge is -2.37. The Hall–Kier alpha value is -2.41. The molecule has 2 atom stereocenters. The van der Waals surface area contributed by atoms with E-state index in [1.165, 1.54) is 0 Å². The first kappa shape index (κ1) is 16.4. The molecule has 0 saturated carbocycles. The molecule has 1 aromatic carbocycles. The average molecular weight is 331 g/mol. The molecule has 0 spiro atoms. The maximum Gasteiger partial charge on any atom is 0.254 e. The van der Waals surface area contributed by atoms with Crippen LogP contribution in [0, 0.1) is 6.92 Å². The molecule has 2 aromatic rings. The van der Waals surface area contributed by atoms with Crippen LogP contribution in [-0.2, 0) is 4.74 Å². The highest BCUT2D eigenvalue weighted by molar-refractivity contribution is 5.94. The van der Waals surface area contributed by atoms with Crippen LogP contribution >= 0.6 is 0 Å². The molecular formula is C17H21N3O4. The van der Waals surface area contributed by atoms with Gasteiger partial charge in [-0.1, -0.05) is 5.16 Å². The minimum absolute atomic E-state index is 0.0888. The molecule has 0 N–H and O–H groups in total. The van der Waals surface area contributed by atoms with Gasteiger partial charge in [-0.3, -0.25) is 4.79 Å². The van der Waals surface area contributed by atoms with Crippen molar-refractivity contribution in [2.45, 2.75) is 32.9 Å². The Morgan fingerprint density at radius 3 is 2.75 bits per heavy atom. The zero-order valence-electron chi connectivity index (χ0n) is 14.1. The van der Waals surface area contributed by atoms with Gasteiger partial charge in [-0.25, -0.2) is 0 Å². The van der Waals surface area contributed by atoms with Crippen LogP contribution in [0.25, 0.3) is 0 Å². The van der Waals surface area contributed by atoms with Crippen LogP contribution in [0.5, 0.6) is 5.75 Å². The number of aryl methyl sites for hydroxylation is 1. The molecule has 1 fully saturated rings. The van der Waals surface area contributed by atoms with E-state index in [1.807, 2.05) is 13.8 Å². The van der Waals surface area contributed by atoms with Crippen LogP contribution in [0.15, 0.2) is 28.8 Å². The molecule has 128 valence electrons. The van der Waals surface area contributed by atoms with Gasteiger partial charge < -0.3 is 18.9 Å². The van der Waals surface area contributed by atoms with Crippen LogP contribution < -0.4 is 4.74 Å². The van der Waals surface area contributed by atoms with E-state index in [4.69, 9.17) is 14.0 Å². The third kappa shape index (κ3) is 3.26. The first-order valence-corrected chi connectivity index (χ1v) is 8.05. The molecule has 1 aliphatic heterocycles. The van der Waals surface area contributed by atoms with E-state index in [9.17, 15) is 4.79 Å². The summed E-state index contributed by atoms with van der Waals surface area (Å²) in [6.07, 6.45) is -0.217. The summed E-state index contributed by atoms with van der Waals surface area (Å²) in [5.74, 6) is 1.60. The Morgan fingerprint density at radius 1 is 1.38 bits per heavy atom. The zero-order valence-corrected chi connectivity index (χ0v) is 14.1. The van der Waals surface area contributed by atoms with Crippen molar-refractivity contribution in [1.29, 1.82) is 0 Å². The smallest absolute Gasteiger partial charge is 0.254 e. The fraction of sp³-hybridized carbons (Fsp3) is 0.471. The number of ether oxygens (including phenoxy) is 2. The minimum Gasteiger partial charge on any atom is -0.494 e. The maximum atomic E-state index is 12.9. The number of morpholine rings is 1. The molecule has 24 heavy (non-hydrogen) atoms. The van der Waals surface area contributed by atoms with E-state index in [-0.39, 0.29) is 18.1 Å². The van der Waals surface area contributed by atoms with E-state index in [2.05, 4.69) is 10.1 Å². The van der Waals surface area contributed by atoms with Crippen LogP contribution in [0.2, 0.25) is 0 Å². The number of nitrogens with zero attached hydrogens (tertiary/aromatic N) is 3. The Bertz CT molecular complexity index is 698. The minimum atomic E-state index is -0.390. The second kappa shape index (κ2) is 7.00. The summed E-state index contributed by atoms with van der Waals surface area (Å²) in [5, 5.41) is 3.83. The molecule has 7 heteroatoms. The molecule has 1 aliphatic rings. The molecule has 1 aromatic heterocycles. The van der Waals surface area contributed by atoms with Crippen molar-refractivity contribution in [3.63, 3.8) is 0 Å². The van der Waals surface area contributed by atoms with E-state index in [1.54, 1.807) is 36.1 Å². The first-order valence-electron chi connectivity index (χ1n) is 8.05. The molecule has 1 saturated heterocycles. The normalized spacial score (nSPS) is 20.9. The van der Waals surface area contributed by atoms with Gasteiger partial charge in [-0.15, -0.1) is 0 Å². The largest absolute Gasteiger partial charge is 0.494 e. The van der Waals surface area contributed by atoms with E-state index >= 15 is 0 Å². The van der Waals surface area contributed by atoms with E-state index < -0.39 is 0 Å². The average Bonchev–Trinajstić information content (AvgIpc) is 3.01. The van der Waals surface area contributed by atoms with Gasteiger partial charge in [0.25, 0.3) is 11.8 Å². The molecule has 7 nitrogen and oxygen atoms in total. The number of carbonyl (C=O) groups excluding carboxylic acids is 1. The molecular weight excluding hydrogens is 310 g/mol. The standard InChI is InChI=1S/C17H21N3O4/c1-4-22-14-7-5-13(6-8-14)17(21)20-9-10-23-11(2)15(20)16-18-12(3)19-24-16/h5-8,11,15H,4,9-10H2,1-3H3/t11-,15+/m1/s1. The molecule has 1 amide bonds. The fourth-order valence-corrected chi connectivity index (χ4v) is 2.84. The number of benzene rings is 1. The second-order valence-corrected chi connectivity index (χ2v) is 5.66. The number of aromatic nitrogens is 2. The van der Waals surface area contributed by atoms with Gasteiger partial charge in [-0.05, 0) is 45.0 Å². The van der Waals surface area contributed by atoms with Crippen LogP contribution in [0.3, 0.4) is 0 Å². The first-order chi connectivity index (χ1) is 11.6. The zero-order chi connectivity index (χ0) is 17.1. The van der Waals surface area contributed by atoms with Gasteiger partial charge in [0.05, 0.1) is 19.3 Å². The van der Waals surface area contributed by atoms with E-state index in [0.717, 1.165) is 5.75 Å². The lowest BCUT2D eigenvalue weighted by molar-refractivity contribution is -0.0600. The summed E-state index contributed by atoms with van der Waals surface area (Å²) < 4.78 is 16.4. The highest BCUT2D eigenvalue weighted by atomic mass is 16.5. The number of rotatable bonds is 4. The van der Waals surface area contributed by atoms with Crippen molar-refractivity contribution < 1.29 is 18.8 Å². The molecule has 0 bridgehead atoms. The van der Waals surface area contributed by atoms with Gasteiger partial charge in [0.1, 0.15) is 11.8 Å². The van der Waals surface area contributed by atoms with Crippen molar-refractivity contribution in [1.82, 2.24) is 15.0 Å². The lowest BCUT2D eigenvalue weighted by Crippen LogP contribution is -2.47. The van der Waals surface area contributed by atoms with Crippen LogP contribution in [0.4, 0.5) is 0 Å². The second-order valence-electron chi connectivity index (χ2n) is 5.66. The highest BCUT2D eigenvalue weighted by Crippen LogP contribution is 2.30. The van der Waals surface area contributed by atoms with Gasteiger partial charge in [0.15, 0.2) is 5.82 Å². The Balaban J connectivity index is 1.85. The number of hydrogen-bond donors (Lipinski definition) is 0. The third-order valence-electron chi connectivity index (χ3n) is 3.96. The van der Waals surface area contributed by atoms with Gasteiger partial charge in [0, 0.05) is 12.1 Å². The van der Waals surface area contributed by atoms with Gasteiger partial charge >= 0.3 is 0 Å². The molecule has 3 rings (SSSR count). The molecule has 0 aliphatic carbocycles. The Kier molecular flexibility index (Phi) is 4.80. The highest BCUT2D eigenvalue weighted by Gasteiger charge is 2.38. The Morgan fingerprint density at radius 2 is 2.12 bits per heavy atom. The monoisotopic (exact) mass is 331 g/mol. The van der Waals surface area contributed by atoms with Crippen molar-refractivity contribution in [2.75, 3.05) is 19.8 Å². The quantitative estimate of drug-likeness (QED) is 0.856. The number of amides is 1. The van der Waals surface area contributed by atoms with Crippen molar-refractivity contribution in [2.24, 2.45) is 0 Å². The predicted octanol–water partition coefficient (Wildman–Crippen LogP) is 2.38. The molecule has 2 heterocycles. The van der Waals surface area contributed by atoms with Gasteiger partial charge in [-0.2, -0.15) is 4.98 Å². The number of carbonyl (C=O) groups is 1. The SMILES string of the molecule is CCOc1ccc(C(=O)N2CCO[C@H](C)[C@H]2c2nc(C)no2)cc1. The summed E-state index contributed by atoms with van der Waals surface area (Å²) in [7, 11) is 0. The van der Waals surface area contributed by atoms with Crippen LogP contribution in [0.1, 0.15) is 42.0 Å². The summed E-state index contributed by atoms with van der Waals surface area (Å²) >= 11 is 0. The van der Waals surface area contributed by atoms with Crippen molar-refractivity contribution in [3.8, 4) is 5.75 Å². The van der Waals surface area contributed by atoms with Crippen molar-refractivity contribution in [3.05, 3.63) is 41.5 Å². The number of hydrogen-bond acceptors (Lipinski definition) is 6. The third-order valence-corrected chi connectivity index (χ3v) is 3.96.